The number of alkyl carbamates (subject to hydrolysis) is 1. The molecule has 0 spiro atoms. The van der Waals surface area contributed by atoms with Gasteiger partial charge in [0.1, 0.15) is 11.7 Å². The van der Waals surface area contributed by atoms with Crippen LogP contribution in [0.1, 0.15) is 51.8 Å². The number of fused-ring (bicyclic) bond motifs is 2. The number of benzene rings is 1. The predicted molar refractivity (Wildman–Crippen MR) is 163 cm³/mol. The number of nitrogens with one attached hydrogen (secondary N) is 1. The Hall–Kier alpha value is -5.10. The first kappa shape index (κ1) is 29.4. The number of nitriles is 1. The highest BCUT2D eigenvalue weighted by molar-refractivity contribution is 5.80. The van der Waals surface area contributed by atoms with Crippen molar-refractivity contribution in [1.82, 2.24) is 29.0 Å². The van der Waals surface area contributed by atoms with Gasteiger partial charge in [-0.3, -0.25) is 18.5 Å². The van der Waals surface area contributed by atoms with E-state index in [9.17, 15) is 19.6 Å². The third-order valence-corrected chi connectivity index (χ3v) is 7.28. The summed E-state index contributed by atoms with van der Waals surface area (Å²) >= 11 is 0. The summed E-state index contributed by atoms with van der Waals surface area (Å²) in [5.74, 6) is 6.39. The molecule has 0 saturated carbocycles. The summed E-state index contributed by atoms with van der Waals surface area (Å²) in [6.45, 7) is 8.22. The predicted octanol–water partition coefficient (Wildman–Crippen LogP) is 2.88. The van der Waals surface area contributed by atoms with Gasteiger partial charge in [0.25, 0.3) is 5.56 Å². The Morgan fingerprint density at radius 1 is 1.19 bits per heavy atom. The van der Waals surface area contributed by atoms with Crippen LogP contribution in [-0.2, 0) is 24.9 Å². The van der Waals surface area contributed by atoms with Crippen molar-refractivity contribution in [2.75, 3.05) is 18.0 Å². The maximum atomic E-state index is 14.0. The molecule has 0 unspecified atom stereocenters. The van der Waals surface area contributed by atoms with Crippen molar-refractivity contribution < 1.29 is 9.53 Å². The van der Waals surface area contributed by atoms with Gasteiger partial charge in [0.05, 0.1) is 29.9 Å². The van der Waals surface area contributed by atoms with Gasteiger partial charge in [0.15, 0.2) is 11.2 Å². The minimum absolute atomic E-state index is 0.175. The number of ether oxygens (including phenoxy) is 1. The van der Waals surface area contributed by atoms with Gasteiger partial charge < -0.3 is 15.0 Å². The van der Waals surface area contributed by atoms with Crippen molar-refractivity contribution in [1.29, 1.82) is 5.26 Å². The van der Waals surface area contributed by atoms with Crippen LogP contribution in [0.5, 0.6) is 0 Å². The fourth-order valence-corrected chi connectivity index (χ4v) is 5.32. The molecule has 1 aromatic carbocycles. The smallest absolute Gasteiger partial charge is 0.407 e. The molecular weight excluding hydrogens is 548 g/mol. The zero-order chi connectivity index (χ0) is 30.9. The van der Waals surface area contributed by atoms with E-state index in [0.29, 0.717) is 30.2 Å². The molecule has 12 heteroatoms. The maximum Gasteiger partial charge on any atom is 0.407 e. The molecule has 1 amide bonds. The Morgan fingerprint density at radius 2 is 1.95 bits per heavy atom. The van der Waals surface area contributed by atoms with E-state index in [1.807, 2.05) is 49.9 Å². The Kier molecular flexibility index (Phi) is 7.96. The number of aromatic nitrogens is 5. The van der Waals surface area contributed by atoms with E-state index in [1.54, 1.807) is 24.6 Å². The topological polar surface area (TPSA) is 140 Å². The number of carbonyl (C=O) groups is 1. The highest BCUT2D eigenvalue weighted by Crippen LogP contribution is 2.24. The SMILES string of the molecule is CC#CCn1c(N2CCC[C@@H](NC(=O)OC(C)(C)C)C2)nc2c1c(=O)n(Cc1nc3ccccc3cc1C#N)c(=O)n2C. The fraction of sp³-hybridized carbons (Fsp3) is 0.419. The molecule has 1 saturated heterocycles. The molecule has 4 aromatic rings. The number of rotatable bonds is 5. The maximum absolute atomic E-state index is 14.0. The summed E-state index contributed by atoms with van der Waals surface area (Å²) in [7, 11) is 1.56. The number of nitrogens with zero attached hydrogens (tertiary/aromatic N) is 7. The van der Waals surface area contributed by atoms with Gasteiger partial charge in [-0.15, -0.1) is 5.92 Å². The molecule has 3 aromatic heterocycles. The Labute approximate surface area is 248 Å². The zero-order valence-corrected chi connectivity index (χ0v) is 25.0. The number of para-hydroxylation sites is 1. The number of hydrogen-bond acceptors (Lipinski definition) is 8. The van der Waals surface area contributed by atoms with E-state index in [-0.39, 0.29) is 35.9 Å². The van der Waals surface area contributed by atoms with Crippen molar-refractivity contribution in [3.05, 3.63) is 62.4 Å². The molecule has 1 aliphatic heterocycles. The van der Waals surface area contributed by atoms with Gasteiger partial charge >= 0.3 is 11.8 Å². The zero-order valence-electron chi connectivity index (χ0n) is 25.0. The van der Waals surface area contributed by atoms with E-state index in [1.165, 1.54) is 4.57 Å². The van der Waals surface area contributed by atoms with Crippen molar-refractivity contribution in [3.8, 4) is 17.9 Å². The molecule has 5 rings (SSSR count). The van der Waals surface area contributed by atoms with Crippen molar-refractivity contribution in [3.63, 3.8) is 0 Å². The molecule has 12 nitrogen and oxygen atoms in total. The number of anilines is 1. The van der Waals surface area contributed by atoms with Gasteiger partial charge in [0, 0.05) is 31.6 Å². The normalized spacial score (nSPS) is 15.2. The summed E-state index contributed by atoms with van der Waals surface area (Å²) < 4.78 is 9.58. The van der Waals surface area contributed by atoms with E-state index in [0.717, 1.165) is 22.8 Å². The number of pyridine rings is 1. The second-order valence-electron chi connectivity index (χ2n) is 11.5. The number of amides is 1. The Morgan fingerprint density at radius 3 is 2.67 bits per heavy atom. The molecule has 1 atom stereocenters. The van der Waals surface area contributed by atoms with Gasteiger partial charge in [-0.2, -0.15) is 10.2 Å². The van der Waals surface area contributed by atoms with Crippen LogP contribution < -0.4 is 21.5 Å². The Balaban J connectivity index is 1.58. The second kappa shape index (κ2) is 11.6. The number of hydrogen-bond donors (Lipinski definition) is 1. The first-order chi connectivity index (χ1) is 20.5. The van der Waals surface area contributed by atoms with Gasteiger partial charge in [-0.05, 0) is 52.7 Å². The number of piperidine rings is 1. The molecular formula is C31H34N8O4. The van der Waals surface area contributed by atoms with Gasteiger partial charge in [0.2, 0.25) is 5.95 Å². The summed E-state index contributed by atoms with van der Waals surface area (Å²) in [5, 5.41) is 13.5. The van der Waals surface area contributed by atoms with E-state index >= 15 is 0 Å². The third kappa shape index (κ3) is 5.95. The first-order valence-electron chi connectivity index (χ1n) is 14.1. The lowest BCUT2D eigenvalue weighted by atomic mass is 10.1. The molecule has 1 N–H and O–H groups in total. The van der Waals surface area contributed by atoms with Crippen LogP contribution in [0.25, 0.3) is 22.1 Å². The molecule has 0 bridgehead atoms. The van der Waals surface area contributed by atoms with Gasteiger partial charge in [-0.25, -0.2) is 14.6 Å². The van der Waals surface area contributed by atoms with Crippen LogP contribution in [0.15, 0.2) is 39.9 Å². The standard InChI is InChI=1S/C31H34N8O4/c1-6-7-15-38-25-26(35-28(38)37-14-10-12-22(18-37)33-29(41)43-31(2,3)4)36(5)30(42)39(27(25)40)19-24-21(17-32)16-20-11-8-9-13-23(20)34-24/h8-9,11,13,16,22H,10,12,14-15,18-19H2,1-5H3,(H,33,41)/t22-/m1/s1. The lowest BCUT2D eigenvalue weighted by molar-refractivity contribution is 0.0499. The summed E-state index contributed by atoms with van der Waals surface area (Å²) in [5.41, 5.74) is -0.0116. The number of aryl methyl sites for hydroxylation is 1. The molecule has 1 fully saturated rings. The van der Waals surface area contributed by atoms with E-state index in [4.69, 9.17) is 9.72 Å². The molecule has 1 aliphatic rings. The first-order valence-corrected chi connectivity index (χ1v) is 14.1. The molecule has 0 radical (unpaired) electrons. The van der Waals surface area contributed by atoms with E-state index in [2.05, 4.69) is 28.2 Å². The second-order valence-corrected chi connectivity index (χ2v) is 11.5. The number of imidazole rings is 1. The molecule has 222 valence electrons. The van der Waals surface area contributed by atoms with Crippen LogP contribution in [0.3, 0.4) is 0 Å². The largest absolute Gasteiger partial charge is 0.444 e. The van der Waals surface area contributed by atoms with Crippen molar-refractivity contribution in [2.45, 2.75) is 65.3 Å². The quantitative estimate of drug-likeness (QED) is 0.354. The summed E-state index contributed by atoms with van der Waals surface area (Å²) in [4.78, 5) is 51.4. The van der Waals surface area contributed by atoms with Crippen LogP contribution in [-0.4, -0.2) is 54.5 Å². The van der Waals surface area contributed by atoms with Crippen molar-refractivity contribution in [2.24, 2.45) is 7.05 Å². The fourth-order valence-electron chi connectivity index (χ4n) is 5.32. The number of carbonyl (C=O) groups excluding carboxylic acids is 1. The lowest BCUT2D eigenvalue weighted by Gasteiger charge is -2.34. The lowest BCUT2D eigenvalue weighted by Crippen LogP contribution is -2.49. The summed E-state index contributed by atoms with van der Waals surface area (Å²) in [6.07, 6.45) is 1.04. The van der Waals surface area contributed by atoms with E-state index < -0.39 is 22.9 Å². The van der Waals surface area contributed by atoms with Gasteiger partial charge in [-0.1, -0.05) is 24.1 Å². The average Bonchev–Trinajstić information content (AvgIpc) is 3.35. The summed E-state index contributed by atoms with van der Waals surface area (Å²) in [6, 6.07) is 11.0. The molecule has 0 aliphatic carbocycles. The van der Waals surface area contributed by atoms with Crippen LogP contribution >= 0.6 is 0 Å². The third-order valence-electron chi connectivity index (χ3n) is 7.28. The minimum Gasteiger partial charge on any atom is -0.444 e. The Bertz CT molecular complexity index is 1950. The molecule has 4 heterocycles. The monoisotopic (exact) mass is 582 g/mol. The van der Waals surface area contributed by atoms with Crippen LogP contribution in [0.4, 0.5) is 10.7 Å². The highest BCUT2D eigenvalue weighted by atomic mass is 16.6. The highest BCUT2D eigenvalue weighted by Gasteiger charge is 2.29. The van der Waals surface area contributed by atoms with Crippen LogP contribution in [0, 0.1) is 23.2 Å². The molecule has 43 heavy (non-hydrogen) atoms. The van der Waals surface area contributed by atoms with Crippen LogP contribution in [0.2, 0.25) is 0 Å². The minimum atomic E-state index is -0.619. The van der Waals surface area contributed by atoms with Crippen molar-refractivity contribution >= 4 is 34.1 Å². The average molecular weight is 583 g/mol.